The second-order valence-corrected chi connectivity index (χ2v) is 6.33. The molecule has 114 valence electrons. The minimum absolute atomic E-state index is 0.0403. The number of likely N-dealkylation sites (tertiary alicyclic amines) is 1. The van der Waals surface area contributed by atoms with E-state index in [1.807, 2.05) is 23.9 Å². The summed E-state index contributed by atoms with van der Waals surface area (Å²) in [4.78, 5) is 28.2. The molecule has 0 aromatic carbocycles. The maximum atomic E-state index is 12.1. The largest absolute Gasteiger partial charge is 0.355 e. The lowest BCUT2D eigenvalue weighted by atomic mass is 9.94. The van der Waals surface area contributed by atoms with Gasteiger partial charge < -0.3 is 15.1 Å². The topological polar surface area (TPSA) is 52.7 Å². The second kappa shape index (κ2) is 7.07. The predicted octanol–water partition coefficient (Wildman–Crippen LogP) is 0.845. The fourth-order valence-electron chi connectivity index (χ4n) is 3.20. The van der Waals surface area contributed by atoms with Crippen LogP contribution in [0.15, 0.2) is 0 Å². The van der Waals surface area contributed by atoms with Crippen LogP contribution in [-0.2, 0) is 9.59 Å². The van der Waals surface area contributed by atoms with Gasteiger partial charge >= 0.3 is 0 Å². The van der Waals surface area contributed by atoms with Crippen molar-refractivity contribution >= 4 is 11.8 Å². The van der Waals surface area contributed by atoms with E-state index >= 15 is 0 Å². The van der Waals surface area contributed by atoms with Crippen LogP contribution in [-0.4, -0.2) is 61.4 Å². The van der Waals surface area contributed by atoms with Gasteiger partial charge in [-0.25, -0.2) is 0 Å². The fraction of sp³-hybridized carbons (Fsp3) is 0.867. The minimum atomic E-state index is -0.147. The van der Waals surface area contributed by atoms with Gasteiger partial charge in [-0.15, -0.1) is 0 Å². The zero-order valence-corrected chi connectivity index (χ0v) is 12.7. The van der Waals surface area contributed by atoms with Gasteiger partial charge in [0.1, 0.15) is 0 Å². The molecule has 0 radical (unpaired) electrons. The number of rotatable bonds is 5. The molecule has 1 saturated carbocycles. The lowest BCUT2D eigenvalue weighted by Gasteiger charge is -2.31. The zero-order chi connectivity index (χ0) is 14.5. The molecule has 1 atom stereocenters. The van der Waals surface area contributed by atoms with E-state index in [-0.39, 0.29) is 17.7 Å². The third-order valence-corrected chi connectivity index (χ3v) is 4.40. The van der Waals surface area contributed by atoms with Gasteiger partial charge in [0, 0.05) is 32.1 Å². The summed E-state index contributed by atoms with van der Waals surface area (Å²) in [6.07, 6.45) is 6.33. The van der Waals surface area contributed by atoms with Crippen molar-refractivity contribution in [2.45, 2.75) is 44.6 Å². The summed E-state index contributed by atoms with van der Waals surface area (Å²) in [6, 6.07) is 0.385. The van der Waals surface area contributed by atoms with E-state index in [1.165, 1.54) is 19.3 Å². The van der Waals surface area contributed by atoms with E-state index in [2.05, 4.69) is 5.32 Å². The highest BCUT2D eigenvalue weighted by Gasteiger charge is 2.37. The Morgan fingerprint density at radius 3 is 2.65 bits per heavy atom. The molecule has 0 spiro atoms. The molecule has 0 aromatic heterocycles. The van der Waals surface area contributed by atoms with Crippen molar-refractivity contribution in [1.29, 1.82) is 0 Å². The van der Waals surface area contributed by atoms with Crippen LogP contribution in [0.1, 0.15) is 38.5 Å². The van der Waals surface area contributed by atoms with Crippen LogP contribution in [0.3, 0.4) is 0 Å². The highest BCUT2D eigenvalue weighted by Crippen LogP contribution is 2.28. The van der Waals surface area contributed by atoms with E-state index in [9.17, 15) is 9.59 Å². The zero-order valence-electron chi connectivity index (χ0n) is 12.7. The molecule has 0 bridgehead atoms. The van der Waals surface area contributed by atoms with Crippen molar-refractivity contribution < 1.29 is 9.59 Å². The molecule has 1 unspecified atom stereocenters. The molecule has 2 fully saturated rings. The van der Waals surface area contributed by atoms with Crippen LogP contribution in [0, 0.1) is 5.92 Å². The van der Waals surface area contributed by atoms with Crippen LogP contribution in [0.2, 0.25) is 0 Å². The van der Waals surface area contributed by atoms with Crippen molar-refractivity contribution in [2.24, 2.45) is 5.92 Å². The van der Waals surface area contributed by atoms with Crippen LogP contribution in [0.5, 0.6) is 0 Å². The number of carbonyl (C=O) groups excluding carboxylic acids is 2. The summed E-state index contributed by atoms with van der Waals surface area (Å²) in [7, 11) is 3.96. The van der Waals surface area contributed by atoms with Crippen molar-refractivity contribution in [3.63, 3.8) is 0 Å². The highest BCUT2D eigenvalue weighted by molar-refractivity contribution is 5.89. The molecule has 1 aliphatic carbocycles. The molecule has 0 aromatic rings. The Kier molecular flexibility index (Phi) is 5.40. The normalized spacial score (nSPS) is 24.4. The number of nitrogens with one attached hydrogen (secondary N) is 1. The molecule has 1 N–H and O–H groups in total. The van der Waals surface area contributed by atoms with Crippen LogP contribution in [0.25, 0.3) is 0 Å². The standard InChI is InChI=1S/C15H27N3O2/c1-17(2)9-8-16-15(20)12-10-14(19)18(11-12)13-6-4-3-5-7-13/h12-13H,3-11H2,1-2H3,(H,16,20). The van der Waals surface area contributed by atoms with Gasteiger partial charge in [-0.1, -0.05) is 19.3 Å². The van der Waals surface area contributed by atoms with E-state index in [0.717, 1.165) is 19.4 Å². The smallest absolute Gasteiger partial charge is 0.225 e. The van der Waals surface area contributed by atoms with Gasteiger partial charge in [0.2, 0.25) is 11.8 Å². The van der Waals surface area contributed by atoms with E-state index in [0.29, 0.717) is 25.6 Å². The molecule has 2 amide bonds. The van der Waals surface area contributed by atoms with E-state index in [4.69, 9.17) is 0 Å². The Balaban J connectivity index is 1.80. The number of hydrogen-bond acceptors (Lipinski definition) is 3. The molecule has 5 heteroatoms. The Bertz CT molecular complexity index is 351. The summed E-state index contributed by atoms with van der Waals surface area (Å²) < 4.78 is 0. The maximum Gasteiger partial charge on any atom is 0.225 e. The fourth-order valence-corrected chi connectivity index (χ4v) is 3.20. The molecule has 2 aliphatic rings. The third kappa shape index (κ3) is 3.95. The van der Waals surface area contributed by atoms with Crippen molar-refractivity contribution in [3.8, 4) is 0 Å². The van der Waals surface area contributed by atoms with Gasteiger partial charge in [0.05, 0.1) is 5.92 Å². The molecule has 5 nitrogen and oxygen atoms in total. The number of amides is 2. The Labute approximate surface area is 121 Å². The summed E-state index contributed by atoms with van der Waals surface area (Å²) >= 11 is 0. The number of nitrogens with zero attached hydrogens (tertiary/aromatic N) is 2. The van der Waals surface area contributed by atoms with E-state index < -0.39 is 0 Å². The van der Waals surface area contributed by atoms with E-state index in [1.54, 1.807) is 0 Å². The number of hydrogen-bond donors (Lipinski definition) is 1. The van der Waals surface area contributed by atoms with Crippen LogP contribution < -0.4 is 5.32 Å². The first-order valence-corrected chi connectivity index (χ1v) is 7.80. The number of likely N-dealkylation sites (N-methyl/N-ethyl adjacent to an activating group) is 1. The molecule has 2 rings (SSSR count). The van der Waals surface area contributed by atoms with Crippen molar-refractivity contribution in [2.75, 3.05) is 33.7 Å². The van der Waals surface area contributed by atoms with Gasteiger partial charge in [0.25, 0.3) is 0 Å². The quantitative estimate of drug-likeness (QED) is 0.812. The Morgan fingerprint density at radius 1 is 1.30 bits per heavy atom. The average Bonchev–Trinajstić information content (AvgIpc) is 2.81. The maximum absolute atomic E-state index is 12.1. The summed E-state index contributed by atoms with van der Waals surface area (Å²) in [5, 5.41) is 2.94. The highest BCUT2D eigenvalue weighted by atomic mass is 16.2. The lowest BCUT2D eigenvalue weighted by Crippen LogP contribution is -2.40. The molecule has 1 saturated heterocycles. The molecule has 20 heavy (non-hydrogen) atoms. The Hall–Kier alpha value is -1.10. The third-order valence-electron chi connectivity index (χ3n) is 4.40. The first kappa shape index (κ1) is 15.3. The van der Waals surface area contributed by atoms with Crippen molar-refractivity contribution in [3.05, 3.63) is 0 Å². The summed E-state index contributed by atoms with van der Waals surface area (Å²) in [5.41, 5.74) is 0. The van der Waals surface area contributed by atoms with Crippen molar-refractivity contribution in [1.82, 2.24) is 15.1 Å². The second-order valence-electron chi connectivity index (χ2n) is 6.33. The summed E-state index contributed by atoms with van der Waals surface area (Å²) in [6.45, 7) is 2.11. The summed E-state index contributed by atoms with van der Waals surface area (Å²) in [5.74, 6) is 0.0646. The molecular weight excluding hydrogens is 254 g/mol. The predicted molar refractivity (Wildman–Crippen MR) is 78.3 cm³/mol. The minimum Gasteiger partial charge on any atom is -0.355 e. The van der Waals surface area contributed by atoms with Crippen LogP contribution in [0.4, 0.5) is 0 Å². The molecular formula is C15H27N3O2. The first-order chi connectivity index (χ1) is 9.58. The molecule has 1 aliphatic heterocycles. The average molecular weight is 281 g/mol. The molecule has 1 heterocycles. The SMILES string of the molecule is CN(C)CCNC(=O)C1CC(=O)N(C2CCCCC2)C1. The van der Waals surface area contributed by atoms with Gasteiger partial charge in [-0.3, -0.25) is 9.59 Å². The Morgan fingerprint density at radius 2 is 2.00 bits per heavy atom. The van der Waals surface area contributed by atoms with Crippen LogP contribution >= 0.6 is 0 Å². The first-order valence-electron chi connectivity index (χ1n) is 7.80. The number of carbonyl (C=O) groups is 2. The lowest BCUT2D eigenvalue weighted by molar-refractivity contribution is -0.130. The monoisotopic (exact) mass is 281 g/mol. The van der Waals surface area contributed by atoms with Gasteiger partial charge in [-0.2, -0.15) is 0 Å². The van der Waals surface area contributed by atoms with Gasteiger partial charge in [-0.05, 0) is 26.9 Å². The van der Waals surface area contributed by atoms with Gasteiger partial charge in [0.15, 0.2) is 0 Å².